The number of hydrogen-bond donors (Lipinski definition) is 2. The predicted octanol–water partition coefficient (Wildman–Crippen LogP) is 6.37. The Kier molecular flexibility index (Phi) is 6.54. The first-order chi connectivity index (χ1) is 14.6. The van der Waals surface area contributed by atoms with Crippen LogP contribution in [0, 0.1) is 6.92 Å². The number of anilines is 1. The van der Waals surface area contributed by atoms with Gasteiger partial charge in [0.15, 0.2) is 0 Å². The van der Waals surface area contributed by atoms with E-state index in [1.807, 2.05) is 0 Å². The van der Waals surface area contributed by atoms with E-state index in [4.69, 9.17) is 32.8 Å². The Morgan fingerprint density at radius 1 is 1.26 bits per heavy atom. The maximum Gasteiger partial charge on any atom is 0.428 e. The van der Waals surface area contributed by atoms with Crippen molar-refractivity contribution in [2.24, 2.45) is 0 Å². The number of carbonyl (C=O) groups excluding carboxylic acids is 1. The highest BCUT2D eigenvalue weighted by molar-refractivity contribution is 6.34. The van der Waals surface area contributed by atoms with E-state index in [1.165, 1.54) is 18.2 Å². The molecule has 164 valence electrons. The van der Waals surface area contributed by atoms with Gasteiger partial charge in [-0.2, -0.15) is 13.2 Å². The van der Waals surface area contributed by atoms with Gasteiger partial charge in [0.2, 0.25) is 5.60 Å². The average molecular weight is 473 g/mol. The first-order valence-corrected chi connectivity index (χ1v) is 9.67. The van der Waals surface area contributed by atoms with Gasteiger partial charge in [-0.15, -0.1) is 0 Å². The standard InChI is InChI=1S/C21H17Cl2F3N2O3/c1-3-6-30-19(29)27-17-7-13(5-4-12(17)2)18-11-20(31-28-18,21(24,25)26)14-8-15(22)10-16(23)9-14/h3-5,7-11,28H,1,6H2,2H3,(H,27,29). The minimum absolute atomic E-state index is 0.0153. The number of alkyl halides is 3. The molecule has 0 spiro atoms. The fourth-order valence-electron chi connectivity index (χ4n) is 2.96. The Labute approximate surface area is 186 Å². The van der Waals surface area contributed by atoms with Crippen LogP contribution in [0.2, 0.25) is 10.0 Å². The number of rotatable bonds is 5. The van der Waals surface area contributed by atoms with E-state index in [9.17, 15) is 18.0 Å². The maximum atomic E-state index is 14.1. The molecule has 2 aromatic carbocycles. The van der Waals surface area contributed by atoms with Crippen LogP contribution in [0.3, 0.4) is 0 Å². The molecule has 1 amide bonds. The summed E-state index contributed by atoms with van der Waals surface area (Å²) in [6.45, 7) is 5.20. The molecule has 0 radical (unpaired) electrons. The SMILES string of the molecule is C=CCOC(=O)Nc1cc(C2=CC(c3cc(Cl)cc(Cl)c3)(C(F)(F)F)ON2)ccc1C. The topological polar surface area (TPSA) is 59.6 Å². The maximum absolute atomic E-state index is 14.1. The van der Waals surface area contributed by atoms with Gasteiger partial charge in [-0.25, -0.2) is 4.79 Å². The van der Waals surface area contributed by atoms with Gasteiger partial charge in [0.05, 0.1) is 5.70 Å². The number of halogens is 5. The lowest BCUT2D eigenvalue weighted by Crippen LogP contribution is -2.42. The lowest BCUT2D eigenvalue weighted by molar-refractivity contribution is -0.269. The number of hydroxylamine groups is 1. The molecule has 1 aliphatic heterocycles. The van der Waals surface area contributed by atoms with Crippen LogP contribution in [0.25, 0.3) is 5.70 Å². The Morgan fingerprint density at radius 2 is 1.94 bits per heavy atom. The minimum atomic E-state index is -4.82. The minimum Gasteiger partial charge on any atom is -0.445 e. The summed E-state index contributed by atoms with van der Waals surface area (Å²) in [4.78, 5) is 16.9. The van der Waals surface area contributed by atoms with Gasteiger partial charge < -0.3 is 4.74 Å². The molecule has 31 heavy (non-hydrogen) atoms. The molecule has 1 unspecified atom stereocenters. The average Bonchev–Trinajstić information content (AvgIpc) is 3.14. The van der Waals surface area contributed by atoms with E-state index in [1.54, 1.807) is 19.1 Å². The van der Waals surface area contributed by atoms with Crippen LogP contribution in [0.1, 0.15) is 16.7 Å². The van der Waals surface area contributed by atoms with E-state index >= 15 is 0 Å². The van der Waals surface area contributed by atoms with Gasteiger partial charge in [-0.1, -0.05) is 48.0 Å². The van der Waals surface area contributed by atoms with Crippen molar-refractivity contribution < 1.29 is 27.5 Å². The van der Waals surface area contributed by atoms with Crippen molar-refractivity contribution in [3.05, 3.63) is 81.9 Å². The lowest BCUT2D eigenvalue weighted by Gasteiger charge is -2.28. The van der Waals surface area contributed by atoms with Crippen molar-refractivity contribution in [3.8, 4) is 0 Å². The van der Waals surface area contributed by atoms with Crippen LogP contribution < -0.4 is 10.8 Å². The number of nitrogens with one attached hydrogen (secondary N) is 2. The van der Waals surface area contributed by atoms with Crippen molar-refractivity contribution in [2.75, 3.05) is 11.9 Å². The van der Waals surface area contributed by atoms with Crippen LogP contribution in [-0.4, -0.2) is 18.9 Å². The van der Waals surface area contributed by atoms with Crippen molar-refractivity contribution >= 4 is 40.7 Å². The molecule has 0 bridgehead atoms. The van der Waals surface area contributed by atoms with Gasteiger partial charge in [-0.3, -0.25) is 15.6 Å². The first-order valence-electron chi connectivity index (χ1n) is 8.91. The Morgan fingerprint density at radius 3 is 2.55 bits per heavy atom. The molecule has 2 aromatic rings. The molecule has 0 saturated heterocycles. The van der Waals surface area contributed by atoms with Gasteiger partial charge in [0, 0.05) is 26.9 Å². The fraction of sp³-hybridized carbons (Fsp3) is 0.190. The summed E-state index contributed by atoms with van der Waals surface area (Å²) in [5, 5.41) is 2.62. The van der Waals surface area contributed by atoms with Crippen LogP contribution >= 0.6 is 23.2 Å². The molecule has 1 aliphatic rings. The lowest BCUT2D eigenvalue weighted by atomic mass is 9.91. The van der Waals surface area contributed by atoms with Crippen molar-refractivity contribution in [2.45, 2.75) is 18.7 Å². The molecule has 0 aliphatic carbocycles. The summed E-state index contributed by atoms with van der Waals surface area (Å²) in [5.41, 5.74) is 0.704. The monoisotopic (exact) mass is 472 g/mol. The fourth-order valence-corrected chi connectivity index (χ4v) is 3.48. The third kappa shape index (κ3) is 4.81. The Balaban J connectivity index is 2.01. The number of aryl methyl sites for hydroxylation is 1. The third-order valence-corrected chi connectivity index (χ3v) is 4.94. The zero-order valence-corrected chi connectivity index (χ0v) is 17.7. The molecule has 0 saturated carbocycles. The Bertz CT molecular complexity index is 1040. The smallest absolute Gasteiger partial charge is 0.428 e. The summed E-state index contributed by atoms with van der Waals surface area (Å²) < 4.78 is 47.2. The zero-order chi connectivity index (χ0) is 22.8. The van der Waals surface area contributed by atoms with E-state index in [0.717, 1.165) is 18.2 Å². The van der Waals surface area contributed by atoms with Gasteiger partial charge in [-0.05, 0) is 42.8 Å². The number of amides is 1. The van der Waals surface area contributed by atoms with Gasteiger partial charge in [0.25, 0.3) is 0 Å². The van der Waals surface area contributed by atoms with Crippen molar-refractivity contribution in [1.82, 2.24) is 5.48 Å². The first kappa shape index (κ1) is 23.0. The molecule has 10 heteroatoms. The summed E-state index contributed by atoms with van der Waals surface area (Å²) in [6.07, 6.45) is -3.23. The largest absolute Gasteiger partial charge is 0.445 e. The molecule has 0 fully saturated rings. The van der Waals surface area contributed by atoms with E-state index in [2.05, 4.69) is 17.4 Å². The number of benzene rings is 2. The summed E-state index contributed by atoms with van der Waals surface area (Å²) in [5.74, 6) is 0. The predicted molar refractivity (Wildman–Crippen MR) is 113 cm³/mol. The molecule has 3 rings (SSSR count). The highest BCUT2D eigenvalue weighted by atomic mass is 35.5. The number of ether oxygens (including phenoxy) is 1. The van der Waals surface area contributed by atoms with E-state index in [-0.39, 0.29) is 27.9 Å². The van der Waals surface area contributed by atoms with Gasteiger partial charge in [0.1, 0.15) is 6.61 Å². The van der Waals surface area contributed by atoms with Crippen LogP contribution in [-0.2, 0) is 15.2 Å². The summed E-state index contributed by atoms with van der Waals surface area (Å²) >= 11 is 11.8. The highest BCUT2D eigenvalue weighted by Gasteiger charge is 2.59. The van der Waals surface area contributed by atoms with E-state index in [0.29, 0.717) is 16.8 Å². The second kappa shape index (κ2) is 8.82. The van der Waals surface area contributed by atoms with Crippen LogP contribution in [0.15, 0.2) is 55.1 Å². The molecule has 1 heterocycles. The van der Waals surface area contributed by atoms with Crippen molar-refractivity contribution in [3.63, 3.8) is 0 Å². The van der Waals surface area contributed by atoms with Crippen LogP contribution in [0.4, 0.5) is 23.7 Å². The molecule has 5 nitrogen and oxygen atoms in total. The summed E-state index contributed by atoms with van der Waals surface area (Å²) in [6, 6.07) is 8.34. The van der Waals surface area contributed by atoms with Crippen LogP contribution in [0.5, 0.6) is 0 Å². The number of hydrogen-bond acceptors (Lipinski definition) is 4. The normalized spacial score (nSPS) is 18.2. The zero-order valence-electron chi connectivity index (χ0n) is 16.1. The molecular weight excluding hydrogens is 456 g/mol. The highest BCUT2D eigenvalue weighted by Crippen LogP contribution is 2.48. The summed E-state index contributed by atoms with van der Waals surface area (Å²) in [7, 11) is 0. The molecule has 0 aromatic heterocycles. The molecule has 1 atom stereocenters. The third-order valence-electron chi connectivity index (χ3n) is 4.50. The molecule has 2 N–H and O–H groups in total. The van der Waals surface area contributed by atoms with E-state index < -0.39 is 17.9 Å². The number of carbonyl (C=O) groups is 1. The quantitative estimate of drug-likeness (QED) is 0.496. The second-order valence-corrected chi connectivity index (χ2v) is 7.57. The van der Waals surface area contributed by atoms with Crippen molar-refractivity contribution in [1.29, 1.82) is 0 Å². The Hall–Kier alpha value is -2.68. The molecular formula is C21H17Cl2F3N2O3. The van der Waals surface area contributed by atoms with Gasteiger partial charge >= 0.3 is 12.3 Å². The second-order valence-electron chi connectivity index (χ2n) is 6.70.